The summed E-state index contributed by atoms with van der Waals surface area (Å²) in [5, 5.41) is 4.62. The van der Waals surface area contributed by atoms with Gasteiger partial charge in [-0.25, -0.2) is 0 Å². The first-order valence-electron chi connectivity index (χ1n) is 8.00. The monoisotopic (exact) mass is 337 g/mol. The van der Waals surface area contributed by atoms with Gasteiger partial charge in [-0.1, -0.05) is 17.7 Å². The second-order valence-corrected chi connectivity index (χ2v) is 8.24. The van der Waals surface area contributed by atoms with E-state index in [0.29, 0.717) is 5.15 Å². The Kier molecular flexibility index (Phi) is 3.65. The zero-order valence-corrected chi connectivity index (χ0v) is 14.9. The van der Waals surface area contributed by atoms with Gasteiger partial charge in [-0.2, -0.15) is 5.10 Å². The van der Waals surface area contributed by atoms with Gasteiger partial charge in [-0.15, -0.1) is 0 Å². The zero-order chi connectivity index (χ0) is 17.0. The minimum atomic E-state index is -0.594. The van der Waals surface area contributed by atoms with Gasteiger partial charge < -0.3 is 10.5 Å². The molecule has 2 bridgehead atoms. The maximum absolute atomic E-state index is 12.8. The number of aryl methyl sites for hydroxylation is 1. The van der Waals surface area contributed by atoms with Crippen LogP contribution in [-0.2, 0) is 16.6 Å². The van der Waals surface area contributed by atoms with Crippen molar-refractivity contribution in [2.24, 2.45) is 18.2 Å². The van der Waals surface area contributed by atoms with Crippen molar-refractivity contribution in [1.82, 2.24) is 9.78 Å². The van der Waals surface area contributed by atoms with E-state index in [4.69, 9.17) is 22.1 Å². The molecule has 0 saturated heterocycles. The lowest BCUT2D eigenvalue weighted by atomic mass is 9.58. The van der Waals surface area contributed by atoms with E-state index in [1.54, 1.807) is 4.68 Å². The van der Waals surface area contributed by atoms with Crippen LogP contribution in [0.15, 0.2) is 12.3 Å². The minimum Gasteiger partial charge on any atom is -0.459 e. The van der Waals surface area contributed by atoms with Crippen LogP contribution in [0.25, 0.3) is 5.57 Å². The summed E-state index contributed by atoms with van der Waals surface area (Å²) < 4.78 is 7.34. The molecule has 5 nitrogen and oxygen atoms in total. The van der Waals surface area contributed by atoms with Crippen molar-refractivity contribution in [1.29, 1.82) is 0 Å². The number of fused-ring (bicyclic) bond motifs is 2. The number of rotatable bonds is 2. The Balaban J connectivity index is 2.04. The molecule has 0 atom stereocenters. The van der Waals surface area contributed by atoms with E-state index in [1.807, 2.05) is 40.1 Å². The van der Waals surface area contributed by atoms with Crippen LogP contribution in [0.2, 0.25) is 5.15 Å². The van der Waals surface area contributed by atoms with Crippen LogP contribution < -0.4 is 5.73 Å². The number of carbonyl (C=O) groups excluding carboxylic acids is 1. The Hall–Kier alpha value is -1.33. The fourth-order valence-corrected chi connectivity index (χ4v) is 3.88. The Morgan fingerprint density at radius 1 is 1.35 bits per heavy atom. The fraction of sp³-hybridized carbons (Fsp3) is 0.647. The summed E-state index contributed by atoms with van der Waals surface area (Å²) in [6.45, 7) is 5.68. The van der Waals surface area contributed by atoms with Crippen molar-refractivity contribution in [2.75, 3.05) is 0 Å². The van der Waals surface area contributed by atoms with Crippen molar-refractivity contribution < 1.29 is 9.53 Å². The highest BCUT2D eigenvalue weighted by molar-refractivity contribution is 6.31. The first-order chi connectivity index (χ1) is 10.5. The molecule has 23 heavy (non-hydrogen) atoms. The Morgan fingerprint density at radius 3 is 2.43 bits per heavy atom. The van der Waals surface area contributed by atoms with Crippen molar-refractivity contribution in [3.8, 4) is 0 Å². The van der Waals surface area contributed by atoms with E-state index < -0.39 is 16.6 Å². The average molecular weight is 338 g/mol. The first kappa shape index (κ1) is 16.5. The topological polar surface area (TPSA) is 70.1 Å². The molecule has 3 aliphatic rings. The van der Waals surface area contributed by atoms with Crippen LogP contribution in [-0.4, -0.2) is 26.9 Å². The maximum Gasteiger partial charge on any atom is 0.316 e. The van der Waals surface area contributed by atoms with E-state index in [9.17, 15) is 4.79 Å². The van der Waals surface area contributed by atoms with Gasteiger partial charge in [-0.05, 0) is 52.0 Å². The first-order valence-corrected chi connectivity index (χ1v) is 8.38. The molecule has 4 rings (SSSR count). The molecule has 0 spiro atoms. The summed E-state index contributed by atoms with van der Waals surface area (Å²) in [4.78, 5) is 12.8. The van der Waals surface area contributed by atoms with Gasteiger partial charge >= 0.3 is 5.97 Å². The highest BCUT2D eigenvalue weighted by atomic mass is 35.5. The number of carbonyl (C=O) groups is 1. The summed E-state index contributed by atoms with van der Waals surface area (Å²) in [6, 6.07) is 0. The van der Waals surface area contributed by atoms with E-state index in [-0.39, 0.29) is 5.97 Å². The van der Waals surface area contributed by atoms with Crippen LogP contribution in [0.5, 0.6) is 0 Å². The molecule has 0 aromatic carbocycles. The van der Waals surface area contributed by atoms with Crippen molar-refractivity contribution in [3.05, 3.63) is 23.0 Å². The predicted molar refractivity (Wildman–Crippen MR) is 89.9 cm³/mol. The smallest absolute Gasteiger partial charge is 0.316 e. The molecular weight excluding hydrogens is 314 g/mol. The average Bonchev–Trinajstić information content (AvgIpc) is 2.76. The van der Waals surface area contributed by atoms with Gasteiger partial charge in [0.05, 0.1) is 5.41 Å². The lowest BCUT2D eigenvalue weighted by Crippen LogP contribution is -2.54. The van der Waals surface area contributed by atoms with Gasteiger partial charge in [-0.3, -0.25) is 9.48 Å². The number of nitrogens with two attached hydrogens (primary N) is 1. The minimum absolute atomic E-state index is 0.163. The molecule has 1 fully saturated rings. The van der Waals surface area contributed by atoms with E-state index in [2.05, 4.69) is 5.10 Å². The second kappa shape index (κ2) is 5.08. The van der Waals surface area contributed by atoms with E-state index in [0.717, 1.165) is 36.8 Å². The van der Waals surface area contributed by atoms with Gasteiger partial charge in [0, 0.05) is 24.3 Å². The molecule has 3 aliphatic carbocycles. The number of halogens is 1. The molecule has 1 heterocycles. The summed E-state index contributed by atoms with van der Waals surface area (Å²) >= 11 is 6.26. The number of hydrogen-bond donors (Lipinski definition) is 1. The molecule has 2 N–H and O–H groups in total. The number of aromatic nitrogens is 2. The van der Waals surface area contributed by atoms with Gasteiger partial charge in [0.25, 0.3) is 0 Å². The molecule has 1 aromatic heterocycles. The number of esters is 1. The SMILES string of the molecule is Cn1cc(C2=CC3(C(=O)OC(C)(C)C)CCC2(N)CC3)c(Cl)n1. The second-order valence-electron chi connectivity index (χ2n) is 7.88. The zero-order valence-electron chi connectivity index (χ0n) is 14.1. The number of ether oxygens (including phenoxy) is 1. The van der Waals surface area contributed by atoms with Crippen LogP contribution in [0.3, 0.4) is 0 Å². The standard InChI is InChI=1S/C17H24ClN3O2/c1-15(2,3)23-14(22)16-5-7-17(19,8-6-16)12(9-16)11-10-21(4)20-13(11)18/h9-10H,5-8,19H2,1-4H3. The Labute approximate surface area is 141 Å². The lowest BCUT2D eigenvalue weighted by Gasteiger charge is -2.49. The number of hydrogen-bond acceptors (Lipinski definition) is 4. The van der Waals surface area contributed by atoms with Crippen LogP contribution in [0.1, 0.15) is 52.0 Å². The molecular formula is C17H24ClN3O2. The molecule has 6 heteroatoms. The molecule has 126 valence electrons. The summed E-state index contributed by atoms with van der Waals surface area (Å²) in [5.41, 5.74) is 6.85. The normalized spacial score (nSPS) is 30.3. The quantitative estimate of drug-likeness (QED) is 0.842. The molecule has 0 radical (unpaired) electrons. The van der Waals surface area contributed by atoms with Crippen LogP contribution in [0.4, 0.5) is 0 Å². The summed E-state index contributed by atoms with van der Waals surface area (Å²) in [7, 11) is 1.82. The third-order valence-corrected chi connectivity index (χ3v) is 5.15. The Bertz CT molecular complexity index is 677. The fourth-order valence-electron chi connectivity index (χ4n) is 3.61. The molecule has 1 aromatic rings. The van der Waals surface area contributed by atoms with E-state index in [1.165, 1.54) is 0 Å². The largest absolute Gasteiger partial charge is 0.459 e. The van der Waals surface area contributed by atoms with Crippen molar-refractivity contribution in [3.63, 3.8) is 0 Å². The van der Waals surface area contributed by atoms with Crippen LogP contribution >= 0.6 is 11.6 Å². The van der Waals surface area contributed by atoms with Gasteiger partial charge in [0.15, 0.2) is 5.15 Å². The highest BCUT2D eigenvalue weighted by Gasteiger charge is 2.53. The maximum atomic E-state index is 12.8. The molecule has 0 unspecified atom stereocenters. The van der Waals surface area contributed by atoms with Crippen molar-refractivity contribution >= 4 is 23.1 Å². The predicted octanol–water partition coefficient (Wildman–Crippen LogP) is 3.07. The molecule has 1 saturated carbocycles. The van der Waals surface area contributed by atoms with Crippen molar-refractivity contribution in [2.45, 2.75) is 57.6 Å². The van der Waals surface area contributed by atoms with Gasteiger partial charge in [0.2, 0.25) is 0 Å². The van der Waals surface area contributed by atoms with Gasteiger partial charge in [0.1, 0.15) is 5.60 Å². The summed E-state index contributed by atoms with van der Waals surface area (Å²) in [6.07, 6.45) is 6.81. The molecule has 0 amide bonds. The number of nitrogens with zero attached hydrogens (tertiary/aromatic N) is 2. The lowest BCUT2D eigenvalue weighted by molar-refractivity contribution is -0.167. The Morgan fingerprint density at radius 2 is 1.96 bits per heavy atom. The third-order valence-electron chi connectivity index (χ3n) is 4.87. The van der Waals surface area contributed by atoms with E-state index >= 15 is 0 Å². The third kappa shape index (κ3) is 2.81. The highest BCUT2D eigenvalue weighted by Crippen LogP contribution is 2.54. The summed E-state index contributed by atoms with van der Waals surface area (Å²) in [5.74, 6) is -0.163. The van der Waals surface area contributed by atoms with Crippen LogP contribution in [0, 0.1) is 5.41 Å². The molecule has 0 aliphatic heterocycles.